The number of β-amino-alcohol motifs (C(OH)–C–C–N with tert-alkyl or cyclic N) is 1. The van der Waals surface area contributed by atoms with Crippen LogP contribution in [0.25, 0.3) is 0 Å². The highest BCUT2D eigenvalue weighted by molar-refractivity contribution is 5.98. The predicted molar refractivity (Wildman–Crippen MR) is 75.0 cm³/mol. The molecule has 116 valence electrons. The number of nitro groups is 1. The topological polar surface area (TPSA) is 104 Å². The Labute approximate surface area is 126 Å². The molecule has 1 heterocycles. The summed E-state index contributed by atoms with van der Waals surface area (Å²) in [5.41, 5.74) is -0.774. The number of hydrogen-bond acceptors (Lipinski definition) is 5. The van der Waals surface area contributed by atoms with E-state index in [9.17, 15) is 24.4 Å². The Kier molecular flexibility index (Phi) is 6.01. The third-order valence-corrected chi connectivity index (χ3v) is 3.23. The van der Waals surface area contributed by atoms with Gasteiger partial charge in [-0.05, 0) is 12.1 Å². The standard InChI is InChI=1S/C12H14FN3O4.ClH/c13-8-1-2-9(10(3-8)16(19)20)12(18)15-5-7-4-14-6-11(7)17;/h1-3,7,11,14,17H,4-6H2,(H,15,18);1H. The molecule has 1 aliphatic heterocycles. The summed E-state index contributed by atoms with van der Waals surface area (Å²) in [5.74, 6) is -1.57. The van der Waals surface area contributed by atoms with Crippen LogP contribution in [0.15, 0.2) is 18.2 Å². The first-order valence-electron chi connectivity index (χ1n) is 6.10. The van der Waals surface area contributed by atoms with Crippen molar-refractivity contribution in [3.8, 4) is 0 Å². The number of rotatable bonds is 4. The van der Waals surface area contributed by atoms with Gasteiger partial charge in [-0.25, -0.2) is 4.39 Å². The van der Waals surface area contributed by atoms with E-state index in [2.05, 4.69) is 10.6 Å². The molecule has 7 nitrogen and oxygen atoms in total. The zero-order chi connectivity index (χ0) is 14.7. The lowest BCUT2D eigenvalue weighted by atomic mass is 10.1. The molecule has 0 aromatic heterocycles. The van der Waals surface area contributed by atoms with Crippen LogP contribution in [0.4, 0.5) is 10.1 Å². The second kappa shape index (κ2) is 7.30. The minimum atomic E-state index is -0.802. The average Bonchev–Trinajstić information content (AvgIpc) is 2.81. The number of amides is 1. The lowest BCUT2D eigenvalue weighted by Crippen LogP contribution is -2.34. The van der Waals surface area contributed by atoms with E-state index in [1.54, 1.807) is 0 Å². The fourth-order valence-corrected chi connectivity index (χ4v) is 2.09. The highest BCUT2D eigenvalue weighted by atomic mass is 35.5. The number of nitrogens with zero attached hydrogens (tertiary/aromatic N) is 1. The first-order chi connectivity index (χ1) is 9.49. The van der Waals surface area contributed by atoms with Gasteiger partial charge < -0.3 is 15.7 Å². The Bertz CT molecular complexity index is 543. The van der Waals surface area contributed by atoms with Crippen LogP contribution in [0.2, 0.25) is 0 Å². The van der Waals surface area contributed by atoms with E-state index in [-0.39, 0.29) is 30.4 Å². The fourth-order valence-electron chi connectivity index (χ4n) is 2.09. The Morgan fingerprint density at radius 3 is 2.81 bits per heavy atom. The van der Waals surface area contributed by atoms with Crippen molar-refractivity contribution in [3.63, 3.8) is 0 Å². The number of benzene rings is 1. The van der Waals surface area contributed by atoms with Gasteiger partial charge in [0.1, 0.15) is 11.4 Å². The summed E-state index contributed by atoms with van der Waals surface area (Å²) in [5, 5.41) is 25.9. The average molecular weight is 320 g/mol. The van der Waals surface area contributed by atoms with Crippen molar-refractivity contribution in [2.24, 2.45) is 5.92 Å². The quantitative estimate of drug-likeness (QED) is 0.552. The molecule has 1 fully saturated rings. The number of halogens is 2. The molecule has 1 saturated heterocycles. The summed E-state index contributed by atoms with van der Waals surface area (Å²) >= 11 is 0. The molecule has 0 spiro atoms. The second-order valence-corrected chi connectivity index (χ2v) is 4.61. The summed E-state index contributed by atoms with van der Waals surface area (Å²) in [7, 11) is 0. The van der Waals surface area contributed by atoms with Gasteiger partial charge in [-0.2, -0.15) is 0 Å². The van der Waals surface area contributed by atoms with Gasteiger partial charge in [-0.3, -0.25) is 14.9 Å². The van der Waals surface area contributed by atoms with Crippen LogP contribution in [0, 0.1) is 21.8 Å². The summed E-state index contributed by atoms with van der Waals surface area (Å²) in [6, 6.07) is 2.78. The summed E-state index contributed by atoms with van der Waals surface area (Å²) in [4.78, 5) is 21.9. The molecule has 2 unspecified atom stereocenters. The van der Waals surface area contributed by atoms with Crippen molar-refractivity contribution >= 4 is 24.0 Å². The summed E-state index contributed by atoms with van der Waals surface area (Å²) in [6.45, 7) is 1.21. The van der Waals surface area contributed by atoms with Gasteiger partial charge in [-0.1, -0.05) is 0 Å². The normalized spacial score (nSPS) is 20.7. The van der Waals surface area contributed by atoms with E-state index < -0.39 is 28.4 Å². The predicted octanol–water partition coefficient (Wildman–Crippen LogP) is 0.466. The molecule has 2 rings (SSSR count). The van der Waals surface area contributed by atoms with Gasteiger partial charge in [0, 0.05) is 25.6 Å². The molecule has 21 heavy (non-hydrogen) atoms. The number of nitrogens with one attached hydrogen (secondary N) is 2. The smallest absolute Gasteiger partial charge is 0.285 e. The summed E-state index contributed by atoms with van der Waals surface area (Å²) < 4.78 is 13.0. The number of nitro benzene ring substituents is 1. The zero-order valence-corrected chi connectivity index (χ0v) is 11.7. The molecule has 1 aromatic rings. The third-order valence-electron chi connectivity index (χ3n) is 3.23. The largest absolute Gasteiger partial charge is 0.391 e. The van der Waals surface area contributed by atoms with Crippen molar-refractivity contribution in [1.29, 1.82) is 0 Å². The maximum atomic E-state index is 13.0. The number of carbonyl (C=O) groups excluding carboxylic acids is 1. The van der Waals surface area contributed by atoms with Crippen LogP contribution in [0.3, 0.4) is 0 Å². The first kappa shape index (κ1) is 17.3. The van der Waals surface area contributed by atoms with Gasteiger partial charge >= 0.3 is 0 Å². The molecule has 1 aromatic carbocycles. The lowest BCUT2D eigenvalue weighted by Gasteiger charge is -2.14. The molecule has 0 saturated carbocycles. The number of carbonyl (C=O) groups is 1. The molecule has 2 atom stereocenters. The van der Waals surface area contributed by atoms with Crippen LogP contribution in [-0.4, -0.2) is 41.7 Å². The van der Waals surface area contributed by atoms with E-state index in [1.165, 1.54) is 0 Å². The van der Waals surface area contributed by atoms with Crippen molar-refractivity contribution in [1.82, 2.24) is 10.6 Å². The molecule has 0 radical (unpaired) electrons. The molecule has 9 heteroatoms. The Morgan fingerprint density at radius 2 is 2.24 bits per heavy atom. The first-order valence-corrected chi connectivity index (χ1v) is 6.10. The minimum absolute atomic E-state index is 0. The van der Waals surface area contributed by atoms with Crippen molar-refractivity contribution < 1.29 is 19.2 Å². The van der Waals surface area contributed by atoms with Gasteiger partial charge in [0.05, 0.1) is 17.1 Å². The lowest BCUT2D eigenvalue weighted by molar-refractivity contribution is -0.385. The number of aliphatic hydroxyl groups excluding tert-OH is 1. The van der Waals surface area contributed by atoms with E-state index in [1.807, 2.05) is 0 Å². The molecular weight excluding hydrogens is 305 g/mol. The van der Waals surface area contributed by atoms with E-state index in [0.717, 1.165) is 12.1 Å². The highest BCUT2D eigenvalue weighted by Gasteiger charge is 2.26. The minimum Gasteiger partial charge on any atom is -0.391 e. The monoisotopic (exact) mass is 319 g/mol. The Morgan fingerprint density at radius 1 is 1.52 bits per heavy atom. The number of aliphatic hydroxyl groups is 1. The Balaban J connectivity index is 0.00000220. The van der Waals surface area contributed by atoms with Gasteiger partial charge in [0.25, 0.3) is 11.6 Å². The maximum absolute atomic E-state index is 13.0. The van der Waals surface area contributed by atoms with Crippen LogP contribution in [-0.2, 0) is 0 Å². The van der Waals surface area contributed by atoms with Gasteiger partial charge in [0.2, 0.25) is 0 Å². The van der Waals surface area contributed by atoms with Crippen molar-refractivity contribution in [2.45, 2.75) is 6.10 Å². The van der Waals surface area contributed by atoms with Crippen molar-refractivity contribution in [3.05, 3.63) is 39.7 Å². The molecule has 1 amide bonds. The molecule has 1 aliphatic rings. The zero-order valence-electron chi connectivity index (χ0n) is 10.9. The Hall–Kier alpha value is -1.77. The molecule has 0 aliphatic carbocycles. The van der Waals surface area contributed by atoms with E-state index in [0.29, 0.717) is 19.2 Å². The molecular formula is C12H15ClFN3O4. The van der Waals surface area contributed by atoms with Gasteiger partial charge in [-0.15, -0.1) is 12.4 Å². The van der Waals surface area contributed by atoms with Crippen LogP contribution in [0.5, 0.6) is 0 Å². The summed E-state index contributed by atoms with van der Waals surface area (Å²) in [6.07, 6.45) is -0.557. The molecule has 0 bridgehead atoms. The highest BCUT2D eigenvalue weighted by Crippen LogP contribution is 2.19. The van der Waals surface area contributed by atoms with Crippen LogP contribution >= 0.6 is 12.4 Å². The van der Waals surface area contributed by atoms with Crippen molar-refractivity contribution in [2.75, 3.05) is 19.6 Å². The molecule has 3 N–H and O–H groups in total. The second-order valence-electron chi connectivity index (χ2n) is 4.61. The third kappa shape index (κ3) is 4.10. The number of hydrogen-bond donors (Lipinski definition) is 3. The maximum Gasteiger partial charge on any atom is 0.285 e. The van der Waals surface area contributed by atoms with E-state index in [4.69, 9.17) is 0 Å². The van der Waals surface area contributed by atoms with Gasteiger partial charge in [0.15, 0.2) is 0 Å². The fraction of sp³-hybridized carbons (Fsp3) is 0.417. The SMILES string of the molecule is Cl.O=C(NCC1CNCC1O)c1ccc(F)cc1[N+](=O)[O-]. The van der Waals surface area contributed by atoms with Crippen LogP contribution in [0.1, 0.15) is 10.4 Å². The van der Waals surface area contributed by atoms with Crippen LogP contribution < -0.4 is 10.6 Å². The van der Waals surface area contributed by atoms with E-state index >= 15 is 0 Å².